The minimum atomic E-state index is 0.479. The van der Waals surface area contributed by atoms with Crippen molar-refractivity contribution >= 4 is 17.5 Å². The number of nitrogens with zero attached hydrogens (tertiary/aromatic N) is 5. The third-order valence-electron chi connectivity index (χ3n) is 4.21. The van der Waals surface area contributed by atoms with Crippen molar-refractivity contribution < 1.29 is 0 Å². The van der Waals surface area contributed by atoms with Gasteiger partial charge >= 0.3 is 0 Å². The molecule has 0 saturated carbocycles. The van der Waals surface area contributed by atoms with E-state index in [1.165, 1.54) is 19.3 Å². The lowest BCUT2D eigenvalue weighted by atomic mass is 10.0. The molecule has 6 nitrogen and oxygen atoms in total. The number of nitriles is 1. The first kappa shape index (κ1) is 15.2. The van der Waals surface area contributed by atoms with Crippen molar-refractivity contribution in [2.75, 3.05) is 16.8 Å². The summed E-state index contributed by atoms with van der Waals surface area (Å²) in [6.45, 7) is 3.24. The Hall–Kier alpha value is -2.68. The van der Waals surface area contributed by atoms with Gasteiger partial charge in [-0.2, -0.15) is 15.3 Å². The van der Waals surface area contributed by atoms with Gasteiger partial charge in [0.1, 0.15) is 0 Å². The Morgan fingerprint density at radius 1 is 1.30 bits per heavy atom. The minimum absolute atomic E-state index is 0.479. The highest BCUT2D eigenvalue weighted by molar-refractivity contribution is 5.56. The zero-order valence-electron chi connectivity index (χ0n) is 13.2. The van der Waals surface area contributed by atoms with Gasteiger partial charge in [-0.15, -0.1) is 5.10 Å². The molecule has 0 amide bonds. The molecule has 1 aromatic carbocycles. The van der Waals surface area contributed by atoms with Gasteiger partial charge in [0.25, 0.3) is 0 Å². The number of rotatable bonds is 4. The molecule has 1 aliphatic heterocycles. The Kier molecular flexibility index (Phi) is 4.67. The summed E-state index contributed by atoms with van der Waals surface area (Å²) in [5.41, 5.74) is 1.47. The van der Waals surface area contributed by atoms with Crippen LogP contribution in [0.3, 0.4) is 0 Å². The van der Waals surface area contributed by atoms with Crippen molar-refractivity contribution in [2.45, 2.75) is 38.6 Å². The molecule has 6 heteroatoms. The van der Waals surface area contributed by atoms with Crippen LogP contribution in [-0.2, 0) is 0 Å². The van der Waals surface area contributed by atoms with E-state index in [0.717, 1.165) is 24.5 Å². The van der Waals surface area contributed by atoms with E-state index >= 15 is 0 Å². The van der Waals surface area contributed by atoms with Crippen molar-refractivity contribution in [1.29, 1.82) is 5.26 Å². The summed E-state index contributed by atoms with van der Waals surface area (Å²) in [7, 11) is 0. The summed E-state index contributed by atoms with van der Waals surface area (Å²) in [6.07, 6.45) is 6.53. The molecular weight excluding hydrogens is 288 g/mol. The van der Waals surface area contributed by atoms with Gasteiger partial charge in [0.2, 0.25) is 5.95 Å². The summed E-state index contributed by atoms with van der Waals surface area (Å²) < 4.78 is 0. The molecule has 1 fully saturated rings. The van der Waals surface area contributed by atoms with Crippen LogP contribution in [0.5, 0.6) is 0 Å². The van der Waals surface area contributed by atoms with Crippen molar-refractivity contribution in [3.63, 3.8) is 0 Å². The number of hydrogen-bond acceptors (Lipinski definition) is 6. The third kappa shape index (κ3) is 3.57. The Bertz CT molecular complexity index is 691. The lowest BCUT2D eigenvalue weighted by Gasteiger charge is -2.35. The van der Waals surface area contributed by atoms with Gasteiger partial charge in [-0.05, 0) is 49.9 Å². The van der Waals surface area contributed by atoms with Crippen LogP contribution < -0.4 is 10.2 Å². The van der Waals surface area contributed by atoms with Crippen LogP contribution in [0.25, 0.3) is 0 Å². The fraction of sp³-hybridized carbons (Fsp3) is 0.412. The van der Waals surface area contributed by atoms with Crippen molar-refractivity contribution in [1.82, 2.24) is 15.2 Å². The largest absolute Gasteiger partial charge is 0.352 e. The number of piperidine rings is 1. The summed E-state index contributed by atoms with van der Waals surface area (Å²) in [4.78, 5) is 6.94. The van der Waals surface area contributed by atoms with Gasteiger partial charge in [-0.3, -0.25) is 0 Å². The Morgan fingerprint density at radius 2 is 2.13 bits per heavy atom. The van der Waals surface area contributed by atoms with Gasteiger partial charge in [0.15, 0.2) is 5.82 Å². The fourth-order valence-corrected chi connectivity index (χ4v) is 2.97. The van der Waals surface area contributed by atoms with E-state index in [2.05, 4.69) is 38.4 Å². The van der Waals surface area contributed by atoms with Gasteiger partial charge in [0, 0.05) is 18.3 Å². The number of nitrogens with one attached hydrogen (secondary N) is 1. The zero-order chi connectivity index (χ0) is 16.1. The molecule has 0 bridgehead atoms. The topological polar surface area (TPSA) is 77.7 Å². The average molecular weight is 308 g/mol. The van der Waals surface area contributed by atoms with Gasteiger partial charge in [0.05, 0.1) is 17.8 Å². The number of hydrogen-bond donors (Lipinski definition) is 1. The second-order valence-electron chi connectivity index (χ2n) is 5.70. The second-order valence-corrected chi connectivity index (χ2v) is 5.70. The highest BCUT2D eigenvalue weighted by atomic mass is 15.3. The third-order valence-corrected chi connectivity index (χ3v) is 4.21. The highest BCUT2D eigenvalue weighted by Gasteiger charge is 2.22. The van der Waals surface area contributed by atoms with Crippen LogP contribution >= 0.6 is 0 Å². The van der Waals surface area contributed by atoms with Crippen LogP contribution in [0, 0.1) is 11.3 Å². The molecule has 1 atom stereocenters. The number of benzene rings is 1. The summed E-state index contributed by atoms with van der Waals surface area (Å²) in [6, 6.07) is 9.83. The molecule has 1 saturated heterocycles. The smallest absolute Gasteiger partial charge is 0.249 e. The van der Waals surface area contributed by atoms with Crippen LogP contribution in [-0.4, -0.2) is 27.8 Å². The SMILES string of the molecule is CCC1CCCCN1c1cnnc(Nc2ccc(C#N)cc2)n1. The van der Waals surface area contributed by atoms with E-state index in [9.17, 15) is 0 Å². The summed E-state index contributed by atoms with van der Waals surface area (Å²) in [5, 5.41) is 20.1. The van der Waals surface area contributed by atoms with Gasteiger partial charge in [-0.25, -0.2) is 0 Å². The minimum Gasteiger partial charge on any atom is -0.352 e. The Balaban J connectivity index is 1.77. The fourth-order valence-electron chi connectivity index (χ4n) is 2.97. The molecule has 3 rings (SSSR count). The standard InChI is InChI=1S/C17H20N6/c1-2-15-5-3-4-10-23(15)16-12-19-22-17(21-16)20-14-8-6-13(11-18)7-9-14/h6-9,12,15H,2-5,10H2,1H3,(H,20,21,22). The van der Waals surface area contributed by atoms with E-state index < -0.39 is 0 Å². The lowest BCUT2D eigenvalue weighted by molar-refractivity contribution is 0.446. The highest BCUT2D eigenvalue weighted by Crippen LogP contribution is 2.25. The molecule has 0 spiro atoms. The first-order valence-corrected chi connectivity index (χ1v) is 8.03. The molecule has 2 heterocycles. The molecule has 118 valence electrons. The maximum absolute atomic E-state index is 8.84. The number of aromatic nitrogens is 3. The normalized spacial score (nSPS) is 17.6. The molecule has 1 aromatic heterocycles. The first-order chi connectivity index (χ1) is 11.3. The monoisotopic (exact) mass is 308 g/mol. The summed E-state index contributed by atoms with van der Waals surface area (Å²) >= 11 is 0. The van der Waals surface area contributed by atoms with E-state index in [0.29, 0.717) is 17.6 Å². The maximum atomic E-state index is 8.84. The molecule has 1 unspecified atom stereocenters. The predicted octanol–water partition coefficient (Wildman–Crippen LogP) is 3.26. The van der Waals surface area contributed by atoms with Crippen LogP contribution in [0.1, 0.15) is 38.2 Å². The van der Waals surface area contributed by atoms with Crippen molar-refractivity contribution in [3.8, 4) is 6.07 Å². The summed E-state index contributed by atoms with van der Waals surface area (Å²) in [5.74, 6) is 1.36. The molecule has 0 aliphatic carbocycles. The Labute approximate surface area is 136 Å². The molecule has 1 aliphatic rings. The van der Waals surface area contributed by atoms with E-state index in [-0.39, 0.29) is 0 Å². The second kappa shape index (κ2) is 7.05. The van der Waals surface area contributed by atoms with Crippen LogP contribution in [0.4, 0.5) is 17.5 Å². The zero-order valence-corrected chi connectivity index (χ0v) is 13.2. The van der Waals surface area contributed by atoms with Crippen LogP contribution in [0.2, 0.25) is 0 Å². The maximum Gasteiger partial charge on any atom is 0.249 e. The molecule has 2 aromatic rings. The quantitative estimate of drug-likeness (QED) is 0.934. The lowest BCUT2D eigenvalue weighted by Crippen LogP contribution is -2.39. The van der Waals surface area contributed by atoms with Crippen molar-refractivity contribution in [3.05, 3.63) is 36.0 Å². The average Bonchev–Trinajstić information content (AvgIpc) is 2.62. The van der Waals surface area contributed by atoms with Gasteiger partial charge in [-0.1, -0.05) is 6.92 Å². The van der Waals surface area contributed by atoms with Crippen molar-refractivity contribution in [2.24, 2.45) is 0 Å². The molecular formula is C17H20N6. The van der Waals surface area contributed by atoms with Crippen LogP contribution in [0.15, 0.2) is 30.5 Å². The Morgan fingerprint density at radius 3 is 2.87 bits per heavy atom. The van der Waals surface area contributed by atoms with E-state index in [1.54, 1.807) is 18.3 Å². The molecule has 0 radical (unpaired) electrons. The van der Waals surface area contributed by atoms with E-state index in [1.807, 2.05) is 12.1 Å². The number of anilines is 3. The molecule has 23 heavy (non-hydrogen) atoms. The first-order valence-electron chi connectivity index (χ1n) is 8.03. The van der Waals surface area contributed by atoms with Gasteiger partial charge < -0.3 is 10.2 Å². The van der Waals surface area contributed by atoms with E-state index in [4.69, 9.17) is 5.26 Å². The molecule has 1 N–H and O–H groups in total. The predicted molar refractivity (Wildman–Crippen MR) is 89.5 cm³/mol.